The molecular formula is C11H17BrCl2N2. The number of hydrogen-bond donors (Lipinski definition) is 1. The maximum absolute atomic E-state index is 5.75. The van der Waals surface area contributed by atoms with Gasteiger partial charge in [-0.15, -0.1) is 23.2 Å². The highest BCUT2D eigenvalue weighted by atomic mass is 79.9. The van der Waals surface area contributed by atoms with Crippen molar-refractivity contribution in [3.63, 3.8) is 0 Å². The summed E-state index contributed by atoms with van der Waals surface area (Å²) in [4.78, 5) is 2.19. The fourth-order valence-electron chi connectivity index (χ4n) is 1.45. The first-order valence-electron chi connectivity index (χ1n) is 5.08. The zero-order chi connectivity index (χ0) is 11.1. The van der Waals surface area contributed by atoms with Gasteiger partial charge >= 0.3 is 0 Å². The molecule has 0 unspecified atom stereocenters. The van der Waals surface area contributed by atoms with Crippen LogP contribution in [0.4, 0.5) is 11.4 Å². The van der Waals surface area contributed by atoms with Gasteiger partial charge in [-0.2, -0.15) is 0 Å². The first kappa shape index (κ1) is 16.0. The Morgan fingerprint density at radius 2 is 1.56 bits per heavy atom. The number of alkyl halides is 2. The third kappa shape index (κ3) is 4.91. The van der Waals surface area contributed by atoms with Crippen LogP contribution in [0.25, 0.3) is 0 Å². The molecule has 0 saturated heterocycles. The largest absolute Gasteiger partial charge is 1.00 e. The van der Waals surface area contributed by atoms with Gasteiger partial charge < -0.3 is 27.2 Å². The van der Waals surface area contributed by atoms with Gasteiger partial charge in [-0.3, -0.25) is 0 Å². The van der Waals surface area contributed by atoms with Crippen LogP contribution >= 0.6 is 23.2 Å². The van der Waals surface area contributed by atoms with Gasteiger partial charge in [0.1, 0.15) is 5.69 Å². The number of hydrogen-bond acceptors (Lipinski definition) is 1. The fourth-order valence-corrected chi connectivity index (χ4v) is 1.86. The number of quaternary nitrogens is 1. The second kappa shape index (κ2) is 9.11. The smallest absolute Gasteiger partial charge is 0.129 e. The van der Waals surface area contributed by atoms with Crippen LogP contribution < -0.4 is 27.2 Å². The van der Waals surface area contributed by atoms with E-state index in [0.717, 1.165) is 13.1 Å². The van der Waals surface area contributed by atoms with E-state index in [1.54, 1.807) is 0 Å². The zero-order valence-electron chi connectivity index (χ0n) is 9.30. The SMILES string of the molecule is C[NH2+]c1ccc(N(CCCl)CCCl)cc1.[Br-]. The van der Waals surface area contributed by atoms with E-state index in [9.17, 15) is 0 Å². The maximum Gasteiger partial charge on any atom is 0.129 e. The molecule has 0 aromatic heterocycles. The number of nitrogens with zero attached hydrogens (tertiary/aromatic N) is 1. The highest BCUT2D eigenvalue weighted by Gasteiger charge is 2.05. The molecule has 5 heteroatoms. The van der Waals surface area contributed by atoms with E-state index in [1.165, 1.54) is 11.4 Å². The molecule has 0 saturated carbocycles. The summed E-state index contributed by atoms with van der Waals surface area (Å²) < 4.78 is 0. The summed E-state index contributed by atoms with van der Waals surface area (Å²) in [5, 5.41) is 2.08. The Kier molecular flexibility index (Phi) is 9.13. The Hall–Kier alpha value is 0.0400. The van der Waals surface area contributed by atoms with Crippen LogP contribution in [0, 0.1) is 0 Å². The van der Waals surface area contributed by atoms with E-state index < -0.39 is 0 Å². The lowest BCUT2D eigenvalue weighted by Gasteiger charge is -2.22. The third-order valence-electron chi connectivity index (χ3n) is 2.30. The highest BCUT2D eigenvalue weighted by molar-refractivity contribution is 6.18. The molecule has 1 aromatic rings. The van der Waals surface area contributed by atoms with E-state index in [2.05, 4.69) is 34.5 Å². The monoisotopic (exact) mass is 326 g/mol. The summed E-state index contributed by atoms with van der Waals surface area (Å²) in [6.45, 7) is 1.67. The maximum atomic E-state index is 5.75. The van der Waals surface area contributed by atoms with Crippen LogP contribution in [0.5, 0.6) is 0 Å². The fraction of sp³-hybridized carbons (Fsp3) is 0.455. The van der Waals surface area contributed by atoms with Gasteiger partial charge in [-0.05, 0) is 12.1 Å². The predicted molar refractivity (Wildman–Crippen MR) is 67.6 cm³/mol. The summed E-state index contributed by atoms with van der Waals surface area (Å²) in [6, 6.07) is 8.42. The molecule has 92 valence electrons. The van der Waals surface area contributed by atoms with Gasteiger partial charge in [-0.25, -0.2) is 0 Å². The summed E-state index contributed by atoms with van der Waals surface area (Å²) in [5.74, 6) is 1.25. The minimum atomic E-state index is 0. The van der Waals surface area contributed by atoms with Crippen molar-refractivity contribution in [2.24, 2.45) is 0 Å². The quantitative estimate of drug-likeness (QED) is 0.514. The van der Waals surface area contributed by atoms with Gasteiger partial charge in [0.2, 0.25) is 0 Å². The van der Waals surface area contributed by atoms with Crippen LogP contribution in [0.1, 0.15) is 0 Å². The van der Waals surface area contributed by atoms with Crippen LogP contribution in [0.3, 0.4) is 0 Å². The molecule has 0 fully saturated rings. The number of anilines is 1. The Morgan fingerprint density at radius 3 is 1.94 bits per heavy atom. The molecule has 0 atom stereocenters. The third-order valence-corrected chi connectivity index (χ3v) is 2.64. The molecule has 0 radical (unpaired) electrons. The molecule has 0 aliphatic carbocycles. The highest BCUT2D eigenvalue weighted by Crippen LogP contribution is 2.15. The minimum Gasteiger partial charge on any atom is -1.00 e. The molecule has 16 heavy (non-hydrogen) atoms. The summed E-state index contributed by atoms with van der Waals surface area (Å²) >= 11 is 11.5. The van der Waals surface area contributed by atoms with Crippen molar-refractivity contribution >= 4 is 34.6 Å². The Morgan fingerprint density at radius 1 is 1.06 bits per heavy atom. The summed E-state index contributed by atoms with van der Waals surface area (Å²) in [7, 11) is 2.03. The van der Waals surface area contributed by atoms with Crippen molar-refractivity contribution in [1.29, 1.82) is 0 Å². The topological polar surface area (TPSA) is 19.9 Å². The molecule has 0 bridgehead atoms. The molecule has 0 heterocycles. The minimum absolute atomic E-state index is 0. The zero-order valence-corrected chi connectivity index (χ0v) is 12.4. The number of nitrogens with two attached hydrogens (primary N) is 1. The van der Waals surface area contributed by atoms with Gasteiger partial charge in [0, 0.05) is 42.7 Å². The second-order valence-electron chi connectivity index (χ2n) is 3.25. The lowest BCUT2D eigenvalue weighted by atomic mass is 10.2. The van der Waals surface area contributed by atoms with Gasteiger partial charge in [0.15, 0.2) is 0 Å². The Bertz CT molecular complexity index is 274. The normalized spacial score (nSPS) is 9.69. The van der Waals surface area contributed by atoms with Crippen molar-refractivity contribution in [3.05, 3.63) is 24.3 Å². The number of rotatable bonds is 6. The lowest BCUT2D eigenvalue weighted by Crippen LogP contribution is -3.00. The molecule has 0 amide bonds. The van der Waals surface area contributed by atoms with Gasteiger partial charge in [-0.1, -0.05) is 0 Å². The Labute approximate surface area is 118 Å². The van der Waals surface area contributed by atoms with Gasteiger partial charge in [0.25, 0.3) is 0 Å². The van der Waals surface area contributed by atoms with Crippen molar-refractivity contribution in [2.45, 2.75) is 0 Å². The molecule has 0 aliphatic heterocycles. The molecule has 0 spiro atoms. The lowest BCUT2D eigenvalue weighted by molar-refractivity contribution is -0.539. The molecule has 0 aliphatic rings. The first-order chi connectivity index (χ1) is 7.31. The molecule has 2 nitrogen and oxygen atoms in total. The van der Waals surface area contributed by atoms with Crippen LogP contribution in [-0.2, 0) is 0 Å². The standard InChI is InChI=1S/C11H16Cl2N2.BrH/c1-14-10-2-4-11(5-3-10)15(8-6-12)9-7-13;/h2-5,14H,6-9H2,1H3;1H. The molecule has 1 aromatic carbocycles. The number of benzene rings is 1. The average Bonchev–Trinajstić information content (AvgIpc) is 2.29. The Balaban J connectivity index is 0.00000225. The summed E-state index contributed by atoms with van der Waals surface area (Å²) in [6.07, 6.45) is 0. The van der Waals surface area contributed by atoms with E-state index in [1.807, 2.05) is 7.05 Å². The second-order valence-corrected chi connectivity index (χ2v) is 4.00. The van der Waals surface area contributed by atoms with E-state index in [0.29, 0.717) is 11.8 Å². The number of halogens is 3. The van der Waals surface area contributed by atoms with Crippen LogP contribution in [-0.4, -0.2) is 31.9 Å². The van der Waals surface area contributed by atoms with E-state index in [4.69, 9.17) is 23.2 Å². The summed E-state index contributed by atoms with van der Waals surface area (Å²) in [5.41, 5.74) is 2.41. The van der Waals surface area contributed by atoms with Crippen LogP contribution in [0.15, 0.2) is 24.3 Å². The van der Waals surface area contributed by atoms with E-state index in [-0.39, 0.29) is 17.0 Å². The van der Waals surface area contributed by atoms with Crippen molar-refractivity contribution in [1.82, 2.24) is 0 Å². The molecular weight excluding hydrogens is 311 g/mol. The first-order valence-corrected chi connectivity index (χ1v) is 6.15. The van der Waals surface area contributed by atoms with Crippen molar-refractivity contribution in [3.8, 4) is 0 Å². The molecule has 1 rings (SSSR count). The average molecular weight is 328 g/mol. The van der Waals surface area contributed by atoms with Gasteiger partial charge in [0.05, 0.1) is 7.05 Å². The molecule has 2 N–H and O–H groups in total. The van der Waals surface area contributed by atoms with Crippen molar-refractivity contribution in [2.75, 3.05) is 36.8 Å². The van der Waals surface area contributed by atoms with Crippen LogP contribution in [0.2, 0.25) is 0 Å². The van der Waals surface area contributed by atoms with Crippen molar-refractivity contribution < 1.29 is 22.3 Å². The van der Waals surface area contributed by atoms with E-state index >= 15 is 0 Å². The predicted octanol–water partition coefficient (Wildman–Crippen LogP) is -1.20.